The molecule has 2 aromatic heterocycles. The first-order chi connectivity index (χ1) is 13.6. The number of fused-ring (bicyclic) bond motifs is 1. The minimum Gasteiger partial charge on any atom is -0.355 e. The van der Waals surface area contributed by atoms with Crippen LogP contribution in [0.3, 0.4) is 0 Å². The summed E-state index contributed by atoms with van der Waals surface area (Å²) in [6.07, 6.45) is 2.20. The predicted molar refractivity (Wildman–Crippen MR) is 111 cm³/mol. The first-order valence-corrected chi connectivity index (χ1v) is 9.65. The lowest BCUT2D eigenvalue weighted by atomic mass is 10.2. The highest BCUT2D eigenvalue weighted by atomic mass is 32.1. The van der Waals surface area contributed by atoms with Gasteiger partial charge < -0.3 is 10.6 Å². The maximum atomic E-state index is 12.5. The van der Waals surface area contributed by atoms with Gasteiger partial charge in [0.25, 0.3) is 5.91 Å². The minimum absolute atomic E-state index is 0.123. The van der Waals surface area contributed by atoms with Crippen LogP contribution in [0.25, 0.3) is 16.2 Å². The lowest BCUT2D eigenvalue weighted by Gasteiger charge is -2.06. The van der Waals surface area contributed by atoms with Gasteiger partial charge in [0, 0.05) is 41.1 Å². The summed E-state index contributed by atoms with van der Waals surface area (Å²) < 4.78 is 1.96. The zero-order valence-electron chi connectivity index (χ0n) is 15.2. The molecule has 0 unspecified atom stereocenters. The third kappa shape index (κ3) is 3.65. The Morgan fingerprint density at radius 2 is 1.82 bits per heavy atom. The number of imidazole rings is 1. The summed E-state index contributed by atoms with van der Waals surface area (Å²) in [6.45, 7) is 0. The van der Waals surface area contributed by atoms with E-state index in [2.05, 4.69) is 15.6 Å². The van der Waals surface area contributed by atoms with Gasteiger partial charge in [-0.3, -0.25) is 14.0 Å². The number of aromatic nitrogens is 2. The third-order valence-corrected chi connectivity index (χ3v) is 5.24. The Labute approximate surface area is 165 Å². The summed E-state index contributed by atoms with van der Waals surface area (Å²) in [5.74, 6) is -0.282. The van der Waals surface area contributed by atoms with Gasteiger partial charge in [-0.25, -0.2) is 4.98 Å². The molecular weight excluding hydrogens is 372 g/mol. The van der Waals surface area contributed by atoms with Crippen LogP contribution < -0.4 is 10.6 Å². The van der Waals surface area contributed by atoms with E-state index in [1.165, 1.54) is 11.3 Å². The summed E-state index contributed by atoms with van der Waals surface area (Å²) >= 11 is 1.51. The van der Waals surface area contributed by atoms with Gasteiger partial charge in [0.05, 0.1) is 12.1 Å². The largest absolute Gasteiger partial charge is 0.355 e. The molecule has 0 saturated heterocycles. The van der Waals surface area contributed by atoms with Crippen LogP contribution >= 0.6 is 11.3 Å². The van der Waals surface area contributed by atoms with Crippen LogP contribution in [-0.2, 0) is 11.2 Å². The van der Waals surface area contributed by atoms with Gasteiger partial charge in [0.15, 0.2) is 4.96 Å². The number of thiazole rings is 1. The van der Waals surface area contributed by atoms with E-state index in [9.17, 15) is 9.59 Å². The Morgan fingerprint density at radius 1 is 1.07 bits per heavy atom. The molecule has 140 valence electrons. The van der Waals surface area contributed by atoms with Gasteiger partial charge in [0.2, 0.25) is 5.91 Å². The molecule has 0 bridgehead atoms. The Kier molecular flexibility index (Phi) is 4.90. The van der Waals surface area contributed by atoms with Crippen molar-refractivity contribution in [2.75, 3.05) is 12.4 Å². The monoisotopic (exact) mass is 390 g/mol. The molecule has 7 heteroatoms. The molecule has 0 aliphatic carbocycles. The van der Waals surface area contributed by atoms with E-state index < -0.39 is 0 Å². The number of hydrogen-bond donors (Lipinski definition) is 2. The van der Waals surface area contributed by atoms with Crippen molar-refractivity contribution in [3.8, 4) is 11.3 Å². The van der Waals surface area contributed by atoms with Gasteiger partial charge in [-0.2, -0.15) is 0 Å². The Balaban J connectivity index is 1.48. The number of carbonyl (C=O) groups excluding carboxylic acids is 2. The first-order valence-electron chi connectivity index (χ1n) is 8.77. The molecule has 2 amide bonds. The van der Waals surface area contributed by atoms with E-state index in [1.54, 1.807) is 31.3 Å². The fraction of sp³-hybridized carbons (Fsp3) is 0.0952. The highest BCUT2D eigenvalue weighted by Crippen LogP contribution is 2.24. The zero-order valence-corrected chi connectivity index (χ0v) is 16.0. The van der Waals surface area contributed by atoms with Crippen LogP contribution in [0.15, 0.2) is 66.2 Å². The third-order valence-electron chi connectivity index (χ3n) is 4.35. The number of nitrogens with one attached hydrogen (secondary N) is 2. The zero-order chi connectivity index (χ0) is 19.5. The second-order valence-corrected chi connectivity index (χ2v) is 7.09. The normalized spacial score (nSPS) is 10.8. The lowest BCUT2D eigenvalue weighted by molar-refractivity contribution is -0.115. The Bertz CT molecular complexity index is 1130. The smallest absolute Gasteiger partial charge is 0.251 e. The Hall–Kier alpha value is -3.45. The summed E-state index contributed by atoms with van der Waals surface area (Å²) in [7, 11) is 1.58. The van der Waals surface area contributed by atoms with Crippen molar-refractivity contribution in [3.63, 3.8) is 0 Å². The second-order valence-electron chi connectivity index (χ2n) is 6.25. The molecule has 6 nitrogen and oxygen atoms in total. The summed E-state index contributed by atoms with van der Waals surface area (Å²) in [5.41, 5.74) is 4.02. The molecule has 0 atom stereocenters. The van der Waals surface area contributed by atoms with Crippen LogP contribution in [0.4, 0.5) is 5.69 Å². The average Bonchev–Trinajstić information content (AvgIpc) is 3.31. The van der Waals surface area contributed by atoms with Crippen LogP contribution in [0.2, 0.25) is 0 Å². The Morgan fingerprint density at radius 3 is 2.54 bits per heavy atom. The molecular formula is C21H18N4O2S. The fourth-order valence-electron chi connectivity index (χ4n) is 2.92. The summed E-state index contributed by atoms with van der Waals surface area (Å²) in [5, 5.41) is 7.39. The minimum atomic E-state index is -0.159. The van der Waals surface area contributed by atoms with Gasteiger partial charge in [0.1, 0.15) is 0 Å². The van der Waals surface area contributed by atoms with Crippen molar-refractivity contribution in [2.24, 2.45) is 0 Å². The van der Waals surface area contributed by atoms with Crippen molar-refractivity contribution in [1.82, 2.24) is 14.7 Å². The molecule has 2 aromatic carbocycles. The lowest BCUT2D eigenvalue weighted by Crippen LogP contribution is -2.18. The number of nitrogens with zero attached hydrogens (tertiary/aromatic N) is 2. The molecule has 0 radical (unpaired) electrons. The standard InChI is InChI=1S/C21H18N4O2S/c1-22-20(27)15-7-9-16(10-8-15)23-19(26)11-17-13-28-21-24-18(12-25(17)21)14-5-3-2-4-6-14/h2-10,12-13H,11H2,1H3,(H,22,27)(H,23,26). The van der Waals surface area contributed by atoms with Crippen LogP contribution in [0, 0.1) is 0 Å². The van der Waals surface area contributed by atoms with E-state index >= 15 is 0 Å². The van der Waals surface area contributed by atoms with Crippen molar-refractivity contribution >= 4 is 33.8 Å². The van der Waals surface area contributed by atoms with Crippen LogP contribution in [0.5, 0.6) is 0 Å². The first kappa shape index (κ1) is 17.9. The molecule has 0 aliphatic heterocycles. The molecule has 0 saturated carbocycles. The highest BCUT2D eigenvalue weighted by Gasteiger charge is 2.13. The van der Waals surface area contributed by atoms with Crippen molar-refractivity contribution < 1.29 is 9.59 Å². The number of rotatable bonds is 5. The van der Waals surface area contributed by atoms with E-state index in [0.29, 0.717) is 11.3 Å². The van der Waals surface area contributed by atoms with Gasteiger partial charge in [-0.05, 0) is 24.3 Å². The van der Waals surface area contributed by atoms with Crippen molar-refractivity contribution in [2.45, 2.75) is 6.42 Å². The van der Waals surface area contributed by atoms with Crippen LogP contribution in [-0.4, -0.2) is 28.2 Å². The van der Waals surface area contributed by atoms with Crippen LogP contribution in [0.1, 0.15) is 16.1 Å². The SMILES string of the molecule is CNC(=O)c1ccc(NC(=O)Cc2csc3nc(-c4ccccc4)cn23)cc1. The maximum Gasteiger partial charge on any atom is 0.251 e. The topological polar surface area (TPSA) is 75.5 Å². The second kappa shape index (κ2) is 7.66. The molecule has 0 fully saturated rings. The molecule has 2 N–H and O–H groups in total. The summed E-state index contributed by atoms with van der Waals surface area (Å²) in [4.78, 5) is 29.5. The highest BCUT2D eigenvalue weighted by molar-refractivity contribution is 7.15. The van der Waals surface area contributed by atoms with E-state index in [4.69, 9.17) is 0 Å². The van der Waals surface area contributed by atoms with Crippen molar-refractivity contribution in [3.05, 3.63) is 77.4 Å². The molecule has 0 spiro atoms. The molecule has 0 aliphatic rings. The average molecular weight is 390 g/mol. The number of benzene rings is 2. The molecule has 4 rings (SSSR count). The quantitative estimate of drug-likeness (QED) is 0.547. The molecule has 4 aromatic rings. The van der Waals surface area contributed by atoms with E-state index in [0.717, 1.165) is 21.9 Å². The number of carbonyl (C=O) groups is 2. The van der Waals surface area contributed by atoms with E-state index in [-0.39, 0.29) is 18.2 Å². The van der Waals surface area contributed by atoms with Gasteiger partial charge >= 0.3 is 0 Å². The van der Waals surface area contributed by atoms with E-state index in [1.807, 2.05) is 46.3 Å². The predicted octanol–water partition coefficient (Wildman–Crippen LogP) is 3.60. The number of amides is 2. The summed E-state index contributed by atoms with van der Waals surface area (Å²) in [6, 6.07) is 16.8. The number of anilines is 1. The van der Waals surface area contributed by atoms with Crippen molar-refractivity contribution in [1.29, 1.82) is 0 Å². The van der Waals surface area contributed by atoms with Gasteiger partial charge in [-0.1, -0.05) is 30.3 Å². The fourth-order valence-corrected chi connectivity index (χ4v) is 3.80. The van der Waals surface area contributed by atoms with Gasteiger partial charge in [-0.15, -0.1) is 11.3 Å². The molecule has 28 heavy (non-hydrogen) atoms. The maximum absolute atomic E-state index is 12.5. The number of hydrogen-bond acceptors (Lipinski definition) is 4. The molecule has 2 heterocycles.